The molecule has 166 valence electrons. The van der Waals surface area contributed by atoms with Crippen LogP contribution in [0.2, 0.25) is 10.0 Å². The van der Waals surface area contributed by atoms with Gasteiger partial charge in [-0.05, 0) is 34.4 Å². The number of nitrogens with one attached hydrogen (secondary N) is 1. The number of halogens is 2. The Kier molecular flexibility index (Phi) is 6.58. The van der Waals surface area contributed by atoms with Crippen molar-refractivity contribution in [1.29, 1.82) is 0 Å². The SMILES string of the molecule is O=C(NCC(O)C(O)c1cc(Cl)cc(Cl)c1O)OCC1c2ccccc2-c2ccccc21. The number of aromatic hydroxyl groups is 1. The molecule has 0 fully saturated rings. The van der Waals surface area contributed by atoms with Crippen molar-refractivity contribution in [2.75, 3.05) is 13.2 Å². The van der Waals surface area contributed by atoms with E-state index in [0.717, 1.165) is 22.3 Å². The number of aliphatic hydroxyl groups excluding tert-OH is 2. The first kappa shape index (κ1) is 22.4. The fourth-order valence-electron chi connectivity index (χ4n) is 3.97. The Morgan fingerprint density at radius 1 is 1.00 bits per heavy atom. The molecule has 0 aromatic heterocycles. The molecule has 0 saturated heterocycles. The van der Waals surface area contributed by atoms with Gasteiger partial charge in [-0.15, -0.1) is 0 Å². The second-order valence-electron chi connectivity index (χ2n) is 7.54. The van der Waals surface area contributed by atoms with Crippen molar-refractivity contribution in [1.82, 2.24) is 5.32 Å². The lowest BCUT2D eigenvalue weighted by molar-refractivity contribution is 0.0173. The summed E-state index contributed by atoms with van der Waals surface area (Å²) in [7, 11) is 0. The molecule has 1 amide bonds. The molecular formula is C24H21Cl2NO5. The third-order valence-corrected chi connectivity index (χ3v) is 6.05. The predicted octanol–water partition coefficient (Wildman–Crippen LogP) is 4.63. The largest absolute Gasteiger partial charge is 0.506 e. The van der Waals surface area contributed by atoms with Crippen molar-refractivity contribution in [3.8, 4) is 16.9 Å². The van der Waals surface area contributed by atoms with Crippen LogP contribution in [0.15, 0.2) is 60.7 Å². The number of amides is 1. The third-order valence-electron chi connectivity index (χ3n) is 5.54. The number of fused-ring (bicyclic) bond motifs is 3. The molecule has 32 heavy (non-hydrogen) atoms. The second kappa shape index (κ2) is 9.38. The van der Waals surface area contributed by atoms with Crippen LogP contribution in [-0.2, 0) is 4.74 Å². The van der Waals surface area contributed by atoms with Gasteiger partial charge in [-0.25, -0.2) is 4.79 Å². The lowest BCUT2D eigenvalue weighted by Gasteiger charge is -2.20. The number of benzene rings is 3. The molecule has 4 rings (SSSR count). The molecule has 2 atom stereocenters. The summed E-state index contributed by atoms with van der Waals surface area (Å²) < 4.78 is 5.40. The maximum Gasteiger partial charge on any atom is 0.407 e. The number of phenolic OH excluding ortho intramolecular Hbond substituents is 1. The van der Waals surface area contributed by atoms with E-state index in [-0.39, 0.29) is 40.4 Å². The average molecular weight is 474 g/mol. The van der Waals surface area contributed by atoms with E-state index in [1.54, 1.807) is 0 Å². The summed E-state index contributed by atoms with van der Waals surface area (Å²) in [5, 5.41) is 33.2. The van der Waals surface area contributed by atoms with E-state index >= 15 is 0 Å². The van der Waals surface area contributed by atoms with Crippen LogP contribution < -0.4 is 5.32 Å². The number of carbonyl (C=O) groups excluding carboxylic acids is 1. The molecule has 0 radical (unpaired) electrons. The first-order chi connectivity index (χ1) is 15.4. The lowest BCUT2D eigenvalue weighted by Crippen LogP contribution is -2.36. The number of alkyl carbamates (subject to hydrolysis) is 1. The standard InChI is InChI=1S/C24H21Cl2NO5/c25-13-9-18(22(29)20(26)10-13)23(30)21(28)11-27-24(31)32-12-19-16-7-3-1-5-14(16)15-6-2-4-8-17(15)19/h1-10,19,21,23,28-30H,11-12H2,(H,27,31). The van der Waals surface area contributed by atoms with Crippen LogP contribution >= 0.6 is 23.2 Å². The summed E-state index contributed by atoms with van der Waals surface area (Å²) in [5.74, 6) is -0.474. The summed E-state index contributed by atoms with van der Waals surface area (Å²) >= 11 is 11.7. The van der Waals surface area contributed by atoms with E-state index in [4.69, 9.17) is 27.9 Å². The maximum atomic E-state index is 12.2. The zero-order valence-corrected chi connectivity index (χ0v) is 18.3. The molecule has 1 aliphatic rings. The van der Waals surface area contributed by atoms with E-state index in [1.165, 1.54) is 12.1 Å². The Hall–Kier alpha value is -2.77. The number of phenols is 1. The smallest absolute Gasteiger partial charge is 0.407 e. The first-order valence-corrected chi connectivity index (χ1v) is 10.7. The maximum absolute atomic E-state index is 12.2. The van der Waals surface area contributed by atoms with Gasteiger partial charge in [-0.1, -0.05) is 71.7 Å². The summed E-state index contributed by atoms with van der Waals surface area (Å²) in [6.07, 6.45) is -3.66. The number of ether oxygens (including phenoxy) is 1. The molecule has 1 aliphatic carbocycles. The van der Waals surface area contributed by atoms with Gasteiger partial charge in [0, 0.05) is 23.0 Å². The van der Waals surface area contributed by atoms with Gasteiger partial charge in [-0.3, -0.25) is 0 Å². The number of aliphatic hydroxyl groups is 2. The van der Waals surface area contributed by atoms with Gasteiger partial charge in [0.15, 0.2) is 0 Å². The van der Waals surface area contributed by atoms with Gasteiger partial charge in [0.2, 0.25) is 0 Å². The summed E-state index contributed by atoms with van der Waals surface area (Å²) in [6, 6.07) is 18.6. The summed E-state index contributed by atoms with van der Waals surface area (Å²) in [5.41, 5.74) is 4.38. The Balaban J connectivity index is 1.36. The fraction of sp³-hybridized carbons (Fsp3) is 0.208. The van der Waals surface area contributed by atoms with Crippen molar-refractivity contribution >= 4 is 29.3 Å². The van der Waals surface area contributed by atoms with E-state index in [0.29, 0.717) is 0 Å². The molecule has 0 spiro atoms. The van der Waals surface area contributed by atoms with E-state index in [1.807, 2.05) is 48.5 Å². The summed E-state index contributed by atoms with van der Waals surface area (Å²) in [6.45, 7) is -0.176. The second-order valence-corrected chi connectivity index (χ2v) is 8.39. The molecule has 3 aromatic carbocycles. The van der Waals surface area contributed by atoms with E-state index in [9.17, 15) is 20.1 Å². The molecular weight excluding hydrogens is 453 g/mol. The van der Waals surface area contributed by atoms with Crippen LogP contribution in [0.5, 0.6) is 5.75 Å². The fourth-order valence-corrected chi connectivity index (χ4v) is 4.48. The van der Waals surface area contributed by atoms with Crippen LogP contribution in [0.1, 0.15) is 28.7 Å². The molecule has 0 heterocycles. The number of carbonyl (C=O) groups is 1. The molecule has 0 bridgehead atoms. The summed E-state index contributed by atoms with van der Waals surface area (Å²) in [4.78, 5) is 12.2. The van der Waals surface area contributed by atoms with E-state index in [2.05, 4.69) is 5.32 Å². The highest BCUT2D eigenvalue weighted by Gasteiger charge is 2.29. The topological polar surface area (TPSA) is 99.0 Å². The zero-order valence-electron chi connectivity index (χ0n) is 16.8. The van der Waals surface area contributed by atoms with Crippen molar-refractivity contribution in [2.45, 2.75) is 18.1 Å². The van der Waals surface area contributed by atoms with Crippen LogP contribution in [0, 0.1) is 0 Å². The minimum Gasteiger partial charge on any atom is -0.506 e. The van der Waals surface area contributed by atoms with Crippen LogP contribution in [0.25, 0.3) is 11.1 Å². The Morgan fingerprint density at radius 3 is 2.22 bits per heavy atom. The lowest BCUT2D eigenvalue weighted by atomic mass is 9.98. The van der Waals surface area contributed by atoms with Gasteiger partial charge in [0.1, 0.15) is 24.6 Å². The first-order valence-electron chi connectivity index (χ1n) is 9.99. The molecule has 4 N–H and O–H groups in total. The third kappa shape index (κ3) is 4.40. The zero-order chi connectivity index (χ0) is 22.8. The number of hydrogen-bond donors (Lipinski definition) is 4. The highest BCUT2D eigenvalue weighted by Crippen LogP contribution is 2.44. The van der Waals surface area contributed by atoms with Crippen LogP contribution in [0.4, 0.5) is 4.79 Å². The monoisotopic (exact) mass is 473 g/mol. The molecule has 6 nitrogen and oxygen atoms in total. The quantitative estimate of drug-likeness (QED) is 0.418. The normalized spacial score (nSPS) is 14.4. The molecule has 3 aromatic rings. The average Bonchev–Trinajstić information content (AvgIpc) is 3.11. The van der Waals surface area contributed by atoms with E-state index < -0.39 is 18.3 Å². The molecule has 0 saturated carbocycles. The predicted molar refractivity (Wildman–Crippen MR) is 122 cm³/mol. The minimum atomic E-state index is -1.51. The number of hydrogen-bond acceptors (Lipinski definition) is 5. The van der Waals surface area contributed by atoms with Crippen molar-refractivity contribution < 1.29 is 24.9 Å². The Morgan fingerprint density at radius 2 is 1.59 bits per heavy atom. The van der Waals surface area contributed by atoms with Gasteiger partial charge in [0.05, 0.1) is 5.02 Å². The van der Waals surface area contributed by atoms with Crippen molar-refractivity contribution in [2.24, 2.45) is 0 Å². The van der Waals surface area contributed by atoms with Gasteiger partial charge in [0.25, 0.3) is 0 Å². The minimum absolute atomic E-state index is 0.0377. The van der Waals surface area contributed by atoms with Crippen molar-refractivity contribution in [3.63, 3.8) is 0 Å². The number of rotatable bonds is 6. The van der Waals surface area contributed by atoms with Crippen molar-refractivity contribution in [3.05, 3.63) is 87.4 Å². The highest BCUT2D eigenvalue weighted by molar-refractivity contribution is 6.35. The Labute approximate surface area is 195 Å². The highest BCUT2D eigenvalue weighted by atomic mass is 35.5. The van der Waals surface area contributed by atoms with Gasteiger partial charge >= 0.3 is 6.09 Å². The molecule has 0 aliphatic heterocycles. The van der Waals surface area contributed by atoms with Gasteiger partial charge < -0.3 is 25.4 Å². The molecule has 2 unspecified atom stereocenters. The molecule has 8 heteroatoms. The van der Waals surface area contributed by atoms with Crippen LogP contribution in [-0.4, -0.2) is 40.7 Å². The van der Waals surface area contributed by atoms with Crippen LogP contribution in [0.3, 0.4) is 0 Å². The Bertz CT molecular complexity index is 1110. The van der Waals surface area contributed by atoms with Gasteiger partial charge in [-0.2, -0.15) is 0 Å².